The lowest BCUT2D eigenvalue weighted by Gasteiger charge is -2.12. The Hall–Kier alpha value is -0.890. The summed E-state index contributed by atoms with van der Waals surface area (Å²) in [5.41, 5.74) is 1.32. The highest BCUT2D eigenvalue weighted by Crippen LogP contribution is 1.97. The van der Waals surface area contributed by atoms with Crippen molar-refractivity contribution >= 4 is 0 Å². The van der Waals surface area contributed by atoms with Crippen LogP contribution in [0.5, 0.6) is 0 Å². The summed E-state index contributed by atoms with van der Waals surface area (Å²) in [5.74, 6) is 0. The Balaban J connectivity index is 2.33. The van der Waals surface area contributed by atoms with Crippen molar-refractivity contribution in [2.24, 2.45) is 0 Å². The molecule has 0 fully saturated rings. The fourth-order valence-corrected chi connectivity index (χ4v) is 1.02. The minimum Gasteiger partial charge on any atom is -0.306 e. The maximum absolute atomic E-state index is 4.07. The van der Waals surface area contributed by atoms with Gasteiger partial charge in [0.15, 0.2) is 0 Å². The summed E-state index contributed by atoms with van der Waals surface area (Å²) in [7, 11) is 2.14. The van der Waals surface area contributed by atoms with Crippen molar-refractivity contribution in [3.8, 4) is 0 Å². The molecule has 1 aromatic heterocycles. The fraction of sp³-hybridized carbons (Fsp3) is 0.500. The summed E-state index contributed by atoms with van der Waals surface area (Å²) < 4.78 is 0. The smallest absolute Gasteiger partial charge is 0.0300 e. The number of rotatable bonds is 4. The van der Waals surface area contributed by atoms with Crippen molar-refractivity contribution in [3.05, 3.63) is 30.1 Å². The zero-order chi connectivity index (χ0) is 8.81. The molecule has 0 aliphatic rings. The first-order chi connectivity index (χ1) is 5.83. The third-order valence-electron chi connectivity index (χ3n) is 2.04. The Bertz CT molecular complexity index is 208. The predicted octanol–water partition coefficient (Wildman–Crippen LogP) is 1.58. The molecule has 0 saturated carbocycles. The fourth-order valence-electron chi connectivity index (χ4n) is 1.02. The second-order valence-corrected chi connectivity index (χ2v) is 3.01. The van der Waals surface area contributed by atoms with Crippen LogP contribution in [-0.4, -0.2) is 30.0 Å². The molecular weight excluding hydrogens is 148 g/mol. The standard InChI is InChI=1S/C10H16N2/c1-3-12(2)8-6-10-5-4-7-11-9-10/h4-5,7,9H,3,6,8H2,1-2H3. The van der Waals surface area contributed by atoms with Crippen LogP contribution >= 0.6 is 0 Å². The van der Waals surface area contributed by atoms with Gasteiger partial charge in [0.2, 0.25) is 0 Å². The molecule has 0 amide bonds. The zero-order valence-corrected chi connectivity index (χ0v) is 7.83. The van der Waals surface area contributed by atoms with Crippen LogP contribution in [0.4, 0.5) is 0 Å². The molecule has 0 aromatic carbocycles. The quantitative estimate of drug-likeness (QED) is 0.671. The lowest BCUT2D eigenvalue weighted by Crippen LogP contribution is -2.20. The van der Waals surface area contributed by atoms with E-state index < -0.39 is 0 Å². The van der Waals surface area contributed by atoms with E-state index in [4.69, 9.17) is 0 Å². The monoisotopic (exact) mass is 164 g/mol. The second kappa shape index (κ2) is 4.88. The Morgan fingerprint density at radius 1 is 1.50 bits per heavy atom. The molecular formula is C10H16N2. The van der Waals surface area contributed by atoms with Crippen molar-refractivity contribution < 1.29 is 0 Å². The predicted molar refractivity (Wildman–Crippen MR) is 51.1 cm³/mol. The molecule has 66 valence electrons. The molecule has 0 unspecified atom stereocenters. The van der Waals surface area contributed by atoms with Crippen LogP contribution in [0, 0.1) is 0 Å². The van der Waals surface area contributed by atoms with Gasteiger partial charge in [-0.2, -0.15) is 0 Å². The van der Waals surface area contributed by atoms with Crippen molar-refractivity contribution in [1.29, 1.82) is 0 Å². The van der Waals surface area contributed by atoms with E-state index in [-0.39, 0.29) is 0 Å². The van der Waals surface area contributed by atoms with E-state index in [1.54, 1.807) is 0 Å². The first kappa shape index (κ1) is 9.20. The number of aromatic nitrogens is 1. The lowest BCUT2D eigenvalue weighted by molar-refractivity contribution is 0.357. The van der Waals surface area contributed by atoms with E-state index >= 15 is 0 Å². The molecule has 0 atom stereocenters. The Morgan fingerprint density at radius 2 is 2.33 bits per heavy atom. The summed E-state index contributed by atoms with van der Waals surface area (Å²) in [6, 6.07) is 4.11. The molecule has 2 nitrogen and oxygen atoms in total. The van der Waals surface area contributed by atoms with E-state index in [0.717, 1.165) is 19.5 Å². The SMILES string of the molecule is CCN(C)CCc1cccnc1. The molecule has 0 spiro atoms. The Labute approximate surface area is 74.2 Å². The topological polar surface area (TPSA) is 16.1 Å². The molecule has 0 bridgehead atoms. The average Bonchev–Trinajstić information content (AvgIpc) is 2.16. The van der Waals surface area contributed by atoms with E-state index in [1.165, 1.54) is 5.56 Å². The molecule has 0 aliphatic carbocycles. The summed E-state index contributed by atoms with van der Waals surface area (Å²) in [5, 5.41) is 0. The molecule has 0 aliphatic heterocycles. The molecule has 1 rings (SSSR count). The molecule has 0 saturated heterocycles. The van der Waals surface area contributed by atoms with Gasteiger partial charge >= 0.3 is 0 Å². The molecule has 0 radical (unpaired) electrons. The number of hydrogen-bond acceptors (Lipinski definition) is 2. The third kappa shape index (κ3) is 3.01. The van der Waals surface area contributed by atoms with Crippen LogP contribution in [0.25, 0.3) is 0 Å². The van der Waals surface area contributed by atoms with Gasteiger partial charge in [-0.3, -0.25) is 4.98 Å². The molecule has 2 heteroatoms. The second-order valence-electron chi connectivity index (χ2n) is 3.01. The van der Waals surface area contributed by atoms with Gasteiger partial charge in [0, 0.05) is 18.9 Å². The summed E-state index contributed by atoms with van der Waals surface area (Å²) in [4.78, 5) is 6.37. The highest BCUT2D eigenvalue weighted by molar-refractivity contribution is 5.08. The van der Waals surface area contributed by atoms with Crippen molar-refractivity contribution in [2.45, 2.75) is 13.3 Å². The van der Waals surface area contributed by atoms with Gasteiger partial charge < -0.3 is 4.90 Å². The normalized spacial score (nSPS) is 10.6. The van der Waals surface area contributed by atoms with E-state index in [9.17, 15) is 0 Å². The van der Waals surface area contributed by atoms with Crippen molar-refractivity contribution in [3.63, 3.8) is 0 Å². The van der Waals surface area contributed by atoms with E-state index in [1.807, 2.05) is 18.5 Å². The third-order valence-corrected chi connectivity index (χ3v) is 2.04. The van der Waals surface area contributed by atoms with E-state index in [0.29, 0.717) is 0 Å². The minimum absolute atomic E-state index is 1.10. The highest BCUT2D eigenvalue weighted by Gasteiger charge is 1.95. The van der Waals surface area contributed by atoms with Crippen LogP contribution in [-0.2, 0) is 6.42 Å². The average molecular weight is 164 g/mol. The molecule has 12 heavy (non-hydrogen) atoms. The number of hydrogen-bond donors (Lipinski definition) is 0. The maximum atomic E-state index is 4.07. The first-order valence-corrected chi connectivity index (χ1v) is 4.40. The van der Waals surface area contributed by atoms with E-state index in [2.05, 4.69) is 29.9 Å². The summed E-state index contributed by atoms with van der Waals surface area (Å²) in [6.45, 7) is 4.39. The van der Waals surface area contributed by atoms with Crippen molar-refractivity contribution in [1.82, 2.24) is 9.88 Å². The molecule has 1 heterocycles. The maximum Gasteiger partial charge on any atom is 0.0300 e. The summed E-state index contributed by atoms with van der Waals surface area (Å²) in [6.07, 6.45) is 4.84. The number of pyridine rings is 1. The molecule has 1 aromatic rings. The number of likely N-dealkylation sites (N-methyl/N-ethyl adjacent to an activating group) is 1. The summed E-state index contributed by atoms with van der Waals surface area (Å²) >= 11 is 0. The van der Waals surface area contributed by atoms with Crippen molar-refractivity contribution in [2.75, 3.05) is 20.1 Å². The zero-order valence-electron chi connectivity index (χ0n) is 7.83. The molecule has 0 N–H and O–H groups in total. The lowest BCUT2D eigenvalue weighted by atomic mass is 10.2. The van der Waals surface area contributed by atoms with Crippen LogP contribution < -0.4 is 0 Å². The first-order valence-electron chi connectivity index (χ1n) is 4.40. The minimum atomic E-state index is 1.10. The number of nitrogens with zero attached hydrogens (tertiary/aromatic N) is 2. The van der Waals surface area contributed by atoms with Crippen LogP contribution in [0.1, 0.15) is 12.5 Å². The Morgan fingerprint density at radius 3 is 2.92 bits per heavy atom. The van der Waals surface area contributed by atoms with Gasteiger partial charge in [0.25, 0.3) is 0 Å². The van der Waals surface area contributed by atoms with Crippen LogP contribution in [0.3, 0.4) is 0 Å². The van der Waals surface area contributed by atoms with Gasteiger partial charge in [-0.25, -0.2) is 0 Å². The Kier molecular flexibility index (Phi) is 3.74. The van der Waals surface area contributed by atoms with Gasteiger partial charge in [-0.05, 0) is 31.6 Å². The highest BCUT2D eigenvalue weighted by atomic mass is 15.1. The van der Waals surface area contributed by atoms with Crippen LogP contribution in [0.2, 0.25) is 0 Å². The van der Waals surface area contributed by atoms with Gasteiger partial charge in [0.05, 0.1) is 0 Å². The van der Waals surface area contributed by atoms with Gasteiger partial charge in [-0.15, -0.1) is 0 Å². The van der Waals surface area contributed by atoms with Gasteiger partial charge in [0.1, 0.15) is 0 Å². The van der Waals surface area contributed by atoms with Gasteiger partial charge in [-0.1, -0.05) is 13.0 Å². The van der Waals surface area contributed by atoms with Crippen LogP contribution in [0.15, 0.2) is 24.5 Å². The largest absolute Gasteiger partial charge is 0.306 e.